The highest BCUT2D eigenvalue weighted by molar-refractivity contribution is 6.30. The SMILES string of the molecule is CC(CN)c1c[nH]c2ccccc12.Cc1cnn2c(Cl)cc(-c3cncc(F)c3)nc12.Cc1cnn2c(NCC(C)c3c[nH]c4ccccc34)cc(-c3cncc(F)c3)nc12. The van der Waals surface area contributed by atoms with Crippen LogP contribution >= 0.6 is 11.6 Å². The maximum absolute atomic E-state index is 13.7. The highest BCUT2D eigenvalue weighted by atomic mass is 35.5. The van der Waals surface area contributed by atoms with Crippen LogP contribution in [0.25, 0.3) is 55.6 Å². The van der Waals surface area contributed by atoms with E-state index >= 15 is 0 Å². The summed E-state index contributed by atoms with van der Waals surface area (Å²) >= 11 is 6.11. The van der Waals surface area contributed by atoms with Crippen LogP contribution in [0.15, 0.2) is 122 Å². The number of anilines is 1. The number of pyridine rings is 2. The Hall–Kier alpha value is -7.03. The summed E-state index contributed by atoms with van der Waals surface area (Å²) in [5.41, 5.74) is 16.2. The Labute approximate surface area is 354 Å². The van der Waals surface area contributed by atoms with Gasteiger partial charge in [-0.1, -0.05) is 61.8 Å². The lowest BCUT2D eigenvalue weighted by atomic mass is 10.0. The Morgan fingerprint density at radius 1 is 0.672 bits per heavy atom. The van der Waals surface area contributed by atoms with Gasteiger partial charge < -0.3 is 21.0 Å². The molecule has 0 saturated carbocycles. The van der Waals surface area contributed by atoms with Crippen LogP contribution < -0.4 is 11.1 Å². The molecule has 0 aliphatic heterocycles. The van der Waals surface area contributed by atoms with Crippen molar-refractivity contribution in [1.29, 1.82) is 0 Å². The minimum Gasteiger partial charge on any atom is -0.369 e. The number of aromatic nitrogens is 10. The van der Waals surface area contributed by atoms with E-state index in [1.54, 1.807) is 35.4 Å². The second-order valence-electron chi connectivity index (χ2n) is 14.9. The summed E-state index contributed by atoms with van der Waals surface area (Å²) in [6.45, 7) is 9.59. The van der Waals surface area contributed by atoms with Gasteiger partial charge in [-0.15, -0.1) is 0 Å². The molecule has 0 spiro atoms. The minimum absolute atomic E-state index is 0.264. The van der Waals surface area contributed by atoms with Gasteiger partial charge in [0, 0.05) is 93.4 Å². The third-order valence-corrected chi connectivity index (χ3v) is 10.8. The molecule has 0 radical (unpaired) electrons. The smallest absolute Gasteiger partial charge is 0.160 e. The number of para-hydroxylation sites is 2. The molecule has 8 heterocycles. The van der Waals surface area contributed by atoms with E-state index in [-0.39, 0.29) is 11.7 Å². The fourth-order valence-corrected chi connectivity index (χ4v) is 7.36. The number of aryl methyl sites for hydroxylation is 2. The fraction of sp³-hybridized carbons (Fsp3) is 0.174. The lowest BCUT2D eigenvalue weighted by molar-refractivity contribution is 0.621. The molecule has 2 aromatic carbocycles. The van der Waals surface area contributed by atoms with Gasteiger partial charge in [0.05, 0.1) is 36.2 Å². The van der Waals surface area contributed by atoms with Gasteiger partial charge in [0.2, 0.25) is 0 Å². The van der Waals surface area contributed by atoms with E-state index in [4.69, 9.17) is 17.3 Å². The van der Waals surface area contributed by atoms with Crippen LogP contribution in [0.5, 0.6) is 0 Å². The summed E-state index contributed by atoms with van der Waals surface area (Å²) in [5.74, 6) is 0.702. The van der Waals surface area contributed by atoms with Crippen LogP contribution in [0.3, 0.4) is 0 Å². The number of nitrogens with two attached hydrogens (primary N) is 1. The van der Waals surface area contributed by atoms with E-state index in [1.165, 1.54) is 50.3 Å². The third-order valence-electron chi connectivity index (χ3n) is 10.5. The van der Waals surface area contributed by atoms with Gasteiger partial charge in [-0.2, -0.15) is 14.7 Å². The van der Waals surface area contributed by atoms with Gasteiger partial charge in [0.1, 0.15) is 22.6 Å². The van der Waals surface area contributed by atoms with Gasteiger partial charge in [0.25, 0.3) is 0 Å². The fourth-order valence-electron chi connectivity index (χ4n) is 7.13. The van der Waals surface area contributed by atoms with Crippen molar-refractivity contribution in [1.82, 2.24) is 49.1 Å². The van der Waals surface area contributed by atoms with Crippen molar-refractivity contribution in [3.8, 4) is 22.5 Å². The van der Waals surface area contributed by atoms with E-state index < -0.39 is 5.82 Å². The number of nitrogens with zero attached hydrogens (tertiary/aromatic N) is 8. The van der Waals surface area contributed by atoms with Crippen LogP contribution in [0.4, 0.5) is 14.6 Å². The van der Waals surface area contributed by atoms with Crippen LogP contribution in [-0.4, -0.2) is 62.2 Å². The number of aromatic amines is 2. The van der Waals surface area contributed by atoms with Crippen LogP contribution in [-0.2, 0) is 0 Å². The molecule has 0 fully saturated rings. The summed E-state index contributed by atoms with van der Waals surface area (Å²) in [6, 6.07) is 22.9. The predicted molar refractivity (Wildman–Crippen MR) is 238 cm³/mol. The summed E-state index contributed by atoms with van der Waals surface area (Å²) in [5, 5.41) is 15.0. The largest absolute Gasteiger partial charge is 0.369 e. The average molecular weight is 837 g/mol. The summed E-state index contributed by atoms with van der Waals surface area (Å²) in [7, 11) is 0. The van der Waals surface area contributed by atoms with E-state index in [2.05, 4.69) is 108 Å². The van der Waals surface area contributed by atoms with Gasteiger partial charge in [0.15, 0.2) is 11.3 Å². The quantitative estimate of drug-likeness (QED) is 0.110. The van der Waals surface area contributed by atoms with Crippen molar-refractivity contribution in [2.75, 3.05) is 18.4 Å². The topological polar surface area (TPSA) is 156 Å². The number of benzene rings is 2. The summed E-state index contributed by atoms with van der Waals surface area (Å²) < 4.78 is 30.2. The van der Waals surface area contributed by atoms with Gasteiger partial charge in [-0.25, -0.2) is 23.3 Å². The third kappa shape index (κ3) is 8.67. The van der Waals surface area contributed by atoms with Crippen LogP contribution in [0.1, 0.15) is 47.9 Å². The molecule has 2 atom stereocenters. The molecule has 0 bridgehead atoms. The number of rotatable bonds is 8. The first-order valence-electron chi connectivity index (χ1n) is 19.7. The Balaban J connectivity index is 0.000000140. The molecule has 8 aromatic heterocycles. The number of hydrogen-bond donors (Lipinski definition) is 4. The number of halogens is 3. The number of hydrogen-bond acceptors (Lipinski definition) is 8. The Morgan fingerprint density at radius 3 is 1.74 bits per heavy atom. The van der Waals surface area contributed by atoms with Gasteiger partial charge >= 0.3 is 0 Å². The molecule has 10 aromatic rings. The van der Waals surface area contributed by atoms with E-state index in [0.29, 0.717) is 52.3 Å². The monoisotopic (exact) mass is 836 g/mol. The van der Waals surface area contributed by atoms with Crippen molar-refractivity contribution in [2.45, 2.75) is 39.5 Å². The number of H-pyrrole nitrogens is 2. The molecule has 0 aliphatic carbocycles. The molecule has 0 saturated heterocycles. The zero-order chi connectivity index (χ0) is 42.6. The molecule has 12 nitrogen and oxygen atoms in total. The second-order valence-corrected chi connectivity index (χ2v) is 15.3. The van der Waals surface area contributed by atoms with Gasteiger partial charge in [-0.05, 0) is 61.7 Å². The van der Waals surface area contributed by atoms with Crippen molar-refractivity contribution in [3.63, 3.8) is 0 Å². The zero-order valence-electron chi connectivity index (χ0n) is 33.9. The first kappa shape index (κ1) is 40.7. The Bertz CT molecular complexity index is 3110. The van der Waals surface area contributed by atoms with E-state index in [9.17, 15) is 8.78 Å². The molecule has 61 heavy (non-hydrogen) atoms. The summed E-state index contributed by atoms with van der Waals surface area (Å²) in [4.78, 5) is 23.4. The highest BCUT2D eigenvalue weighted by Crippen LogP contribution is 2.29. The van der Waals surface area contributed by atoms with Crippen LogP contribution in [0, 0.1) is 25.5 Å². The van der Waals surface area contributed by atoms with E-state index in [0.717, 1.165) is 34.3 Å². The molecule has 0 amide bonds. The normalized spacial score (nSPS) is 12.3. The van der Waals surface area contributed by atoms with Gasteiger partial charge in [-0.3, -0.25) is 9.97 Å². The van der Waals surface area contributed by atoms with Crippen molar-refractivity contribution in [2.24, 2.45) is 5.73 Å². The molecular formula is C46H43ClF2N12. The lowest BCUT2D eigenvalue weighted by Gasteiger charge is -2.15. The van der Waals surface area contributed by atoms with Crippen molar-refractivity contribution >= 4 is 50.5 Å². The van der Waals surface area contributed by atoms with E-state index in [1.807, 2.05) is 32.0 Å². The minimum atomic E-state index is -0.407. The van der Waals surface area contributed by atoms with Crippen LogP contribution in [0.2, 0.25) is 5.15 Å². The Kier molecular flexibility index (Phi) is 11.8. The predicted octanol–water partition coefficient (Wildman–Crippen LogP) is 10.1. The number of nitrogens with one attached hydrogen (secondary N) is 3. The maximum Gasteiger partial charge on any atom is 0.160 e. The maximum atomic E-state index is 13.7. The molecule has 15 heteroatoms. The molecule has 5 N–H and O–H groups in total. The molecular weight excluding hydrogens is 794 g/mol. The standard InChI is InChI=1S/C23H21FN6.C12H8ClFN4.C11H14N2/c1-14(19-13-26-20-6-4-3-5-18(19)20)9-27-22-8-21(16-7-17(24)12-25-11-16)29-23-15(2)10-28-30(22)23;1-7-4-16-18-11(13)3-10(17-12(7)18)8-2-9(14)6-15-5-8;1-8(6-12)10-7-13-11-5-3-2-4-9(10)11/h3-8,10-14,26-27H,9H2,1-2H3;2-6H,1H3;2-5,7-8,13H,6,12H2,1H3. The number of fused-ring (bicyclic) bond motifs is 4. The zero-order valence-corrected chi connectivity index (χ0v) is 34.7. The molecule has 10 rings (SSSR count). The summed E-state index contributed by atoms with van der Waals surface area (Å²) in [6.07, 6.45) is 13.1. The molecule has 308 valence electrons. The molecule has 2 unspecified atom stereocenters. The first-order valence-corrected chi connectivity index (χ1v) is 20.1. The average Bonchev–Trinajstić information content (AvgIpc) is 4.09. The first-order chi connectivity index (χ1) is 29.6. The van der Waals surface area contributed by atoms with Crippen molar-refractivity contribution in [3.05, 3.63) is 161 Å². The highest BCUT2D eigenvalue weighted by Gasteiger charge is 2.16. The van der Waals surface area contributed by atoms with Crippen molar-refractivity contribution < 1.29 is 8.78 Å². The molecule has 0 aliphatic rings. The lowest BCUT2D eigenvalue weighted by Crippen LogP contribution is -2.13. The Morgan fingerprint density at radius 2 is 1.18 bits per heavy atom. The second kappa shape index (κ2) is 17.7.